The molecule has 0 aromatic heterocycles. The van der Waals surface area contributed by atoms with E-state index in [1.807, 2.05) is 13.0 Å². The van der Waals surface area contributed by atoms with Crippen LogP contribution in [-0.4, -0.2) is 29.3 Å². The molecule has 0 fully saturated rings. The second kappa shape index (κ2) is 5.62. The van der Waals surface area contributed by atoms with Gasteiger partial charge in [-0.2, -0.15) is 5.26 Å². The predicted octanol–water partition coefficient (Wildman–Crippen LogP) is 1.45. The molecule has 0 saturated heterocycles. The van der Waals surface area contributed by atoms with Crippen LogP contribution in [0.3, 0.4) is 0 Å². The van der Waals surface area contributed by atoms with Crippen molar-refractivity contribution in [2.45, 2.75) is 38.5 Å². The Bertz CT molecular complexity index is 592. The van der Waals surface area contributed by atoms with E-state index in [4.69, 9.17) is 10.00 Å². The van der Waals surface area contributed by atoms with Gasteiger partial charge in [0.15, 0.2) is 0 Å². The minimum atomic E-state index is -0.945. The van der Waals surface area contributed by atoms with Gasteiger partial charge in [-0.3, -0.25) is 0 Å². The highest BCUT2D eigenvalue weighted by molar-refractivity contribution is 5.74. The van der Waals surface area contributed by atoms with Crippen molar-refractivity contribution in [3.8, 4) is 11.8 Å². The standard InChI is InChI=1S/C15H19N3O3/c1-4-17-14(20)18-13-12(19)10-7-9(8-16)5-6-11(10)21-15(13,2)3/h5-7,12-13,19H,4H2,1-3H3,(H2,17,18,20)/t12-,13+/m1/s1. The first-order chi connectivity index (χ1) is 9.89. The number of nitrogens with zero attached hydrogens (tertiary/aromatic N) is 1. The zero-order chi connectivity index (χ0) is 15.6. The van der Waals surface area contributed by atoms with Gasteiger partial charge in [0.05, 0.1) is 17.7 Å². The molecule has 0 spiro atoms. The molecule has 112 valence electrons. The molecule has 1 aromatic carbocycles. The number of ether oxygens (including phenoxy) is 1. The van der Waals surface area contributed by atoms with Gasteiger partial charge < -0.3 is 20.5 Å². The van der Waals surface area contributed by atoms with Crippen LogP contribution in [0.15, 0.2) is 18.2 Å². The lowest BCUT2D eigenvalue weighted by Gasteiger charge is -2.43. The minimum Gasteiger partial charge on any atom is -0.485 e. The Balaban J connectivity index is 2.34. The SMILES string of the molecule is CCNC(=O)N[C@H]1[C@H](O)c2cc(C#N)ccc2OC1(C)C. The number of hydrogen-bond donors (Lipinski definition) is 3. The number of rotatable bonds is 2. The molecule has 2 rings (SSSR count). The number of hydrogen-bond acceptors (Lipinski definition) is 4. The van der Waals surface area contributed by atoms with E-state index in [-0.39, 0.29) is 6.03 Å². The summed E-state index contributed by atoms with van der Waals surface area (Å²) in [5, 5.41) is 24.9. The molecule has 1 aliphatic heterocycles. The molecule has 0 radical (unpaired) electrons. The Morgan fingerprint density at radius 3 is 2.86 bits per heavy atom. The maximum atomic E-state index is 11.7. The molecule has 3 N–H and O–H groups in total. The van der Waals surface area contributed by atoms with E-state index in [0.29, 0.717) is 23.4 Å². The zero-order valence-electron chi connectivity index (χ0n) is 12.3. The van der Waals surface area contributed by atoms with E-state index in [1.165, 1.54) is 0 Å². The number of fused-ring (bicyclic) bond motifs is 1. The summed E-state index contributed by atoms with van der Waals surface area (Å²) in [4.78, 5) is 11.7. The molecule has 0 aliphatic carbocycles. The van der Waals surface area contributed by atoms with Crippen molar-refractivity contribution in [3.05, 3.63) is 29.3 Å². The summed E-state index contributed by atoms with van der Waals surface area (Å²) in [6.07, 6.45) is -0.945. The number of aliphatic hydroxyl groups is 1. The van der Waals surface area contributed by atoms with E-state index >= 15 is 0 Å². The molecular formula is C15H19N3O3. The molecule has 0 bridgehead atoms. The van der Waals surface area contributed by atoms with Crippen molar-refractivity contribution in [2.24, 2.45) is 0 Å². The Labute approximate surface area is 123 Å². The highest BCUT2D eigenvalue weighted by Gasteiger charge is 2.44. The van der Waals surface area contributed by atoms with E-state index in [1.54, 1.807) is 32.0 Å². The Morgan fingerprint density at radius 2 is 2.24 bits per heavy atom. The van der Waals surface area contributed by atoms with Gasteiger partial charge in [-0.15, -0.1) is 0 Å². The Kier molecular flexibility index (Phi) is 4.05. The molecule has 2 atom stereocenters. The second-order valence-electron chi connectivity index (χ2n) is 5.50. The number of benzene rings is 1. The molecule has 21 heavy (non-hydrogen) atoms. The highest BCUT2D eigenvalue weighted by Crippen LogP contribution is 2.40. The van der Waals surface area contributed by atoms with E-state index in [2.05, 4.69) is 10.6 Å². The van der Waals surface area contributed by atoms with Crippen LogP contribution in [0.4, 0.5) is 4.79 Å². The summed E-state index contributed by atoms with van der Waals surface area (Å²) >= 11 is 0. The summed E-state index contributed by atoms with van der Waals surface area (Å²) in [6, 6.07) is 5.94. The first-order valence-electron chi connectivity index (χ1n) is 6.84. The molecule has 6 heteroatoms. The zero-order valence-corrected chi connectivity index (χ0v) is 12.3. The molecule has 1 heterocycles. The topological polar surface area (TPSA) is 94.4 Å². The predicted molar refractivity (Wildman–Crippen MR) is 76.8 cm³/mol. The van der Waals surface area contributed by atoms with Crippen LogP contribution in [0.2, 0.25) is 0 Å². The van der Waals surface area contributed by atoms with Crippen molar-refractivity contribution in [1.29, 1.82) is 5.26 Å². The summed E-state index contributed by atoms with van der Waals surface area (Å²) in [7, 11) is 0. The number of nitriles is 1. The van der Waals surface area contributed by atoms with Crippen molar-refractivity contribution in [2.75, 3.05) is 6.54 Å². The lowest BCUT2D eigenvalue weighted by molar-refractivity contribution is -0.0228. The minimum absolute atomic E-state index is 0.363. The largest absolute Gasteiger partial charge is 0.485 e. The van der Waals surface area contributed by atoms with Crippen molar-refractivity contribution in [1.82, 2.24) is 10.6 Å². The highest BCUT2D eigenvalue weighted by atomic mass is 16.5. The van der Waals surface area contributed by atoms with Crippen LogP contribution in [0.1, 0.15) is 38.0 Å². The molecule has 0 unspecified atom stereocenters. The van der Waals surface area contributed by atoms with Gasteiger partial charge >= 0.3 is 6.03 Å². The van der Waals surface area contributed by atoms with Gasteiger partial charge in [0.25, 0.3) is 0 Å². The smallest absolute Gasteiger partial charge is 0.315 e. The number of carbonyl (C=O) groups is 1. The van der Waals surface area contributed by atoms with Gasteiger partial charge in [-0.05, 0) is 39.0 Å². The fraction of sp³-hybridized carbons (Fsp3) is 0.467. The number of carbonyl (C=O) groups excluding carboxylic acids is 1. The van der Waals surface area contributed by atoms with Gasteiger partial charge in [0, 0.05) is 12.1 Å². The maximum Gasteiger partial charge on any atom is 0.315 e. The lowest BCUT2D eigenvalue weighted by atomic mass is 9.85. The van der Waals surface area contributed by atoms with Gasteiger partial charge in [-0.25, -0.2) is 4.79 Å². The average molecular weight is 289 g/mol. The summed E-state index contributed by atoms with van der Waals surface area (Å²) in [5.74, 6) is 0.528. The fourth-order valence-electron chi connectivity index (χ4n) is 2.45. The van der Waals surface area contributed by atoms with Crippen LogP contribution in [0, 0.1) is 11.3 Å². The van der Waals surface area contributed by atoms with Crippen LogP contribution < -0.4 is 15.4 Å². The second-order valence-corrected chi connectivity index (χ2v) is 5.50. The first kappa shape index (κ1) is 15.1. The van der Waals surface area contributed by atoms with Gasteiger partial charge in [0.1, 0.15) is 17.5 Å². The third kappa shape index (κ3) is 2.93. The molecule has 6 nitrogen and oxygen atoms in total. The third-order valence-corrected chi connectivity index (χ3v) is 3.52. The Hall–Kier alpha value is -2.26. The summed E-state index contributed by atoms with van der Waals surface area (Å²) < 4.78 is 5.87. The van der Waals surface area contributed by atoms with Gasteiger partial charge in [-0.1, -0.05) is 0 Å². The van der Waals surface area contributed by atoms with Crippen molar-refractivity contribution >= 4 is 6.03 Å². The molecule has 0 saturated carbocycles. The summed E-state index contributed by atoms with van der Waals surface area (Å²) in [6.45, 7) is 5.90. The lowest BCUT2D eigenvalue weighted by Crippen LogP contribution is -2.59. The van der Waals surface area contributed by atoms with E-state index in [0.717, 1.165) is 0 Å². The Morgan fingerprint density at radius 1 is 1.52 bits per heavy atom. The van der Waals surface area contributed by atoms with Crippen LogP contribution >= 0.6 is 0 Å². The van der Waals surface area contributed by atoms with Gasteiger partial charge in [0.2, 0.25) is 0 Å². The molecule has 1 aromatic rings. The average Bonchev–Trinajstić information content (AvgIpc) is 2.43. The molecular weight excluding hydrogens is 270 g/mol. The van der Waals surface area contributed by atoms with Crippen LogP contribution in [-0.2, 0) is 0 Å². The third-order valence-electron chi connectivity index (χ3n) is 3.52. The number of urea groups is 1. The first-order valence-corrected chi connectivity index (χ1v) is 6.84. The number of aliphatic hydroxyl groups excluding tert-OH is 1. The van der Waals surface area contributed by atoms with E-state index < -0.39 is 17.7 Å². The van der Waals surface area contributed by atoms with Crippen molar-refractivity contribution in [3.63, 3.8) is 0 Å². The number of nitrogens with one attached hydrogen (secondary N) is 2. The van der Waals surface area contributed by atoms with Crippen LogP contribution in [0.5, 0.6) is 5.75 Å². The summed E-state index contributed by atoms with van der Waals surface area (Å²) in [5.41, 5.74) is 0.175. The number of amides is 2. The quantitative estimate of drug-likeness (QED) is 0.768. The fourth-order valence-corrected chi connectivity index (χ4v) is 2.45. The maximum absolute atomic E-state index is 11.7. The molecule has 1 aliphatic rings. The van der Waals surface area contributed by atoms with Crippen LogP contribution in [0.25, 0.3) is 0 Å². The van der Waals surface area contributed by atoms with E-state index in [9.17, 15) is 9.90 Å². The monoisotopic (exact) mass is 289 g/mol. The normalized spacial score (nSPS) is 22.4. The molecule has 2 amide bonds. The van der Waals surface area contributed by atoms with Crippen molar-refractivity contribution < 1.29 is 14.6 Å².